The van der Waals surface area contributed by atoms with Gasteiger partial charge in [-0.3, -0.25) is 14.6 Å². The molecule has 2 aromatic rings. The van der Waals surface area contributed by atoms with E-state index >= 15 is 0 Å². The summed E-state index contributed by atoms with van der Waals surface area (Å²) in [6.07, 6.45) is 0. The molecule has 0 aliphatic carbocycles. The molecule has 0 saturated carbocycles. The molecule has 0 bridgehead atoms. The molecule has 0 unspecified atom stereocenters. The van der Waals surface area contributed by atoms with Gasteiger partial charge in [-0.15, -0.1) is 10.2 Å². The number of methoxy groups -OCH3 is 1. The Balaban J connectivity index is 1.48. The fourth-order valence-electron chi connectivity index (χ4n) is 3.33. The molecule has 28 heavy (non-hydrogen) atoms. The highest BCUT2D eigenvalue weighted by atomic mass is 16.5. The van der Waals surface area contributed by atoms with E-state index in [9.17, 15) is 4.79 Å². The van der Waals surface area contributed by atoms with Crippen molar-refractivity contribution in [1.29, 1.82) is 0 Å². The highest BCUT2D eigenvalue weighted by molar-refractivity contribution is 5.78. The molecule has 1 fully saturated rings. The van der Waals surface area contributed by atoms with E-state index in [0.29, 0.717) is 24.9 Å². The van der Waals surface area contributed by atoms with Gasteiger partial charge in [-0.2, -0.15) is 0 Å². The number of nitrogens with zero attached hydrogens (tertiary/aromatic N) is 5. The minimum atomic E-state index is 0.208. The SMILES string of the molecule is CCN(CC)C(=O)CN1CCN(Cc2nnc(-c3ccc(OC)cc3)o2)CC1. The Hall–Kier alpha value is -2.45. The predicted molar refractivity (Wildman–Crippen MR) is 106 cm³/mol. The first-order valence-corrected chi connectivity index (χ1v) is 9.82. The number of benzene rings is 1. The zero-order valence-corrected chi connectivity index (χ0v) is 16.9. The molecule has 0 radical (unpaired) electrons. The first-order valence-electron chi connectivity index (χ1n) is 9.82. The molecule has 0 atom stereocenters. The molecule has 3 rings (SSSR count). The molecule has 152 valence electrons. The van der Waals surface area contributed by atoms with E-state index in [2.05, 4.69) is 20.0 Å². The van der Waals surface area contributed by atoms with E-state index in [1.807, 2.05) is 43.0 Å². The Morgan fingerprint density at radius 3 is 2.32 bits per heavy atom. The van der Waals surface area contributed by atoms with E-state index in [-0.39, 0.29) is 5.91 Å². The number of hydrogen-bond donors (Lipinski definition) is 0. The zero-order valence-electron chi connectivity index (χ0n) is 16.9. The maximum atomic E-state index is 12.3. The summed E-state index contributed by atoms with van der Waals surface area (Å²) in [6, 6.07) is 7.56. The molecule has 0 N–H and O–H groups in total. The first-order chi connectivity index (χ1) is 13.6. The second kappa shape index (κ2) is 9.66. The highest BCUT2D eigenvalue weighted by Crippen LogP contribution is 2.21. The lowest BCUT2D eigenvalue weighted by Gasteiger charge is -2.34. The van der Waals surface area contributed by atoms with Crippen molar-refractivity contribution < 1.29 is 13.9 Å². The van der Waals surface area contributed by atoms with Crippen LogP contribution < -0.4 is 4.74 Å². The minimum Gasteiger partial charge on any atom is -0.497 e. The quantitative estimate of drug-likeness (QED) is 0.683. The molecule has 8 heteroatoms. The Kier molecular flexibility index (Phi) is 7.00. The van der Waals surface area contributed by atoms with E-state index in [0.717, 1.165) is 50.6 Å². The highest BCUT2D eigenvalue weighted by Gasteiger charge is 2.22. The molecule has 1 aromatic carbocycles. The summed E-state index contributed by atoms with van der Waals surface area (Å²) in [6.45, 7) is 10.2. The van der Waals surface area contributed by atoms with Gasteiger partial charge in [0.15, 0.2) is 0 Å². The van der Waals surface area contributed by atoms with Crippen LogP contribution in [-0.4, -0.2) is 83.7 Å². The van der Waals surface area contributed by atoms with Crippen LogP contribution in [0.4, 0.5) is 0 Å². The summed E-state index contributed by atoms with van der Waals surface area (Å²) >= 11 is 0. The van der Waals surface area contributed by atoms with Crippen LogP contribution in [0.5, 0.6) is 5.75 Å². The third-order valence-corrected chi connectivity index (χ3v) is 5.10. The van der Waals surface area contributed by atoms with E-state index in [1.165, 1.54) is 0 Å². The average Bonchev–Trinajstić information content (AvgIpc) is 3.19. The molecule has 2 heterocycles. The molecule has 8 nitrogen and oxygen atoms in total. The number of piperazine rings is 1. The van der Waals surface area contributed by atoms with Gasteiger partial charge >= 0.3 is 0 Å². The van der Waals surface area contributed by atoms with Gasteiger partial charge in [-0.1, -0.05) is 0 Å². The molecular formula is C20H29N5O3. The third-order valence-electron chi connectivity index (χ3n) is 5.10. The summed E-state index contributed by atoms with van der Waals surface area (Å²) in [7, 11) is 1.64. The molecule has 1 amide bonds. The van der Waals surface area contributed by atoms with Crippen LogP contribution in [-0.2, 0) is 11.3 Å². The van der Waals surface area contributed by atoms with Gasteiger partial charge in [-0.05, 0) is 38.1 Å². The van der Waals surface area contributed by atoms with Crippen LogP contribution in [0.25, 0.3) is 11.5 Å². The van der Waals surface area contributed by atoms with Gasteiger partial charge in [-0.25, -0.2) is 0 Å². The fourth-order valence-corrected chi connectivity index (χ4v) is 3.33. The lowest BCUT2D eigenvalue weighted by Crippen LogP contribution is -2.49. The molecular weight excluding hydrogens is 358 g/mol. The summed E-state index contributed by atoms with van der Waals surface area (Å²) in [5.41, 5.74) is 0.874. The van der Waals surface area contributed by atoms with E-state index < -0.39 is 0 Å². The molecule has 1 saturated heterocycles. The molecule has 0 spiro atoms. The second-order valence-electron chi connectivity index (χ2n) is 6.85. The lowest BCUT2D eigenvalue weighted by molar-refractivity contribution is -0.132. The first kappa shape index (κ1) is 20.3. The van der Waals surface area contributed by atoms with Crippen LogP contribution in [0.15, 0.2) is 28.7 Å². The Morgan fingerprint density at radius 1 is 1.07 bits per heavy atom. The van der Waals surface area contributed by atoms with E-state index in [4.69, 9.17) is 9.15 Å². The number of amides is 1. The van der Waals surface area contributed by atoms with Crippen LogP contribution in [0.1, 0.15) is 19.7 Å². The van der Waals surface area contributed by atoms with Crippen molar-refractivity contribution in [2.75, 3.05) is 52.9 Å². The average molecular weight is 387 g/mol. The van der Waals surface area contributed by atoms with Crippen molar-refractivity contribution in [3.05, 3.63) is 30.2 Å². The summed E-state index contributed by atoms with van der Waals surface area (Å²) in [5, 5.41) is 8.33. The van der Waals surface area contributed by atoms with E-state index in [1.54, 1.807) is 7.11 Å². The van der Waals surface area contributed by atoms with Gasteiger partial charge in [0.25, 0.3) is 0 Å². The van der Waals surface area contributed by atoms with Gasteiger partial charge in [0, 0.05) is 44.8 Å². The minimum absolute atomic E-state index is 0.208. The van der Waals surface area contributed by atoms with Crippen molar-refractivity contribution in [3.8, 4) is 17.2 Å². The zero-order chi connectivity index (χ0) is 19.9. The smallest absolute Gasteiger partial charge is 0.247 e. The number of carbonyl (C=O) groups excluding carboxylic acids is 1. The molecule has 1 aromatic heterocycles. The lowest BCUT2D eigenvalue weighted by atomic mass is 10.2. The maximum absolute atomic E-state index is 12.3. The number of aromatic nitrogens is 2. The summed E-state index contributed by atoms with van der Waals surface area (Å²) < 4.78 is 11.0. The standard InChI is InChI=1S/C20H29N5O3/c1-4-25(5-2)19(26)15-24-12-10-23(11-13-24)14-18-21-22-20(28-18)16-6-8-17(27-3)9-7-16/h6-9H,4-5,10-15H2,1-3H3. The normalized spacial score (nSPS) is 15.5. The predicted octanol–water partition coefficient (Wildman–Crippen LogP) is 1.73. The number of likely N-dealkylation sites (N-methyl/N-ethyl adjacent to an activating group) is 1. The number of hydrogen-bond acceptors (Lipinski definition) is 7. The van der Waals surface area contributed by atoms with Crippen LogP contribution >= 0.6 is 0 Å². The van der Waals surface area contributed by atoms with Crippen LogP contribution in [0.3, 0.4) is 0 Å². The summed E-state index contributed by atoms with van der Waals surface area (Å²) in [4.78, 5) is 18.6. The van der Waals surface area contributed by atoms with Crippen molar-refractivity contribution in [2.45, 2.75) is 20.4 Å². The fraction of sp³-hybridized carbons (Fsp3) is 0.550. The maximum Gasteiger partial charge on any atom is 0.247 e. The molecule has 1 aliphatic rings. The van der Waals surface area contributed by atoms with Crippen LogP contribution in [0.2, 0.25) is 0 Å². The third kappa shape index (κ3) is 5.08. The van der Waals surface area contributed by atoms with Crippen molar-refractivity contribution >= 4 is 5.91 Å². The van der Waals surface area contributed by atoms with Gasteiger partial charge in [0.05, 0.1) is 20.2 Å². The second-order valence-corrected chi connectivity index (χ2v) is 6.85. The van der Waals surface area contributed by atoms with Crippen molar-refractivity contribution in [3.63, 3.8) is 0 Å². The van der Waals surface area contributed by atoms with Crippen molar-refractivity contribution in [2.24, 2.45) is 0 Å². The Bertz CT molecular complexity index is 749. The Labute approximate surface area is 166 Å². The number of rotatable bonds is 8. The largest absolute Gasteiger partial charge is 0.497 e. The topological polar surface area (TPSA) is 74.9 Å². The van der Waals surface area contributed by atoms with Crippen molar-refractivity contribution in [1.82, 2.24) is 24.9 Å². The summed E-state index contributed by atoms with van der Waals surface area (Å²) in [5.74, 6) is 2.12. The van der Waals surface area contributed by atoms with Crippen LogP contribution in [0, 0.1) is 0 Å². The number of ether oxygens (including phenoxy) is 1. The van der Waals surface area contributed by atoms with Gasteiger partial charge in [0.1, 0.15) is 5.75 Å². The van der Waals surface area contributed by atoms with Gasteiger partial charge in [0.2, 0.25) is 17.7 Å². The molecule has 1 aliphatic heterocycles. The Morgan fingerprint density at radius 2 is 1.71 bits per heavy atom. The van der Waals surface area contributed by atoms with Gasteiger partial charge < -0.3 is 14.1 Å². The monoisotopic (exact) mass is 387 g/mol. The number of carbonyl (C=O) groups is 1.